The van der Waals surface area contributed by atoms with Crippen molar-refractivity contribution in [2.45, 2.75) is 84.5 Å². The summed E-state index contributed by atoms with van der Waals surface area (Å²) in [6.45, 7) is 7.00. The molecule has 0 aliphatic heterocycles. The molecule has 0 saturated heterocycles. The molecular weight excluding hydrogens is 240 g/mol. The van der Waals surface area contributed by atoms with Gasteiger partial charge in [-0.2, -0.15) is 0 Å². The van der Waals surface area contributed by atoms with E-state index in [9.17, 15) is 0 Å². The molecule has 2 unspecified atom stereocenters. The van der Waals surface area contributed by atoms with E-state index in [4.69, 9.17) is 0 Å². The fraction of sp³-hybridized carbons (Fsp3) is 0.700. The highest BCUT2D eigenvalue weighted by Crippen LogP contribution is 2.30. The third-order valence-corrected chi connectivity index (χ3v) is 4.67. The van der Waals surface area contributed by atoms with Gasteiger partial charge in [0.1, 0.15) is 0 Å². The number of rotatable bonds is 11. The molecule has 114 valence electrons. The van der Waals surface area contributed by atoms with E-state index in [1.807, 2.05) is 0 Å². The highest BCUT2D eigenvalue weighted by atomic mass is 14.2. The Bertz CT molecular complexity index is 314. The van der Waals surface area contributed by atoms with Crippen LogP contribution in [0.4, 0.5) is 0 Å². The van der Waals surface area contributed by atoms with E-state index in [1.165, 1.54) is 57.8 Å². The Morgan fingerprint density at radius 1 is 0.800 bits per heavy atom. The van der Waals surface area contributed by atoms with Crippen LogP contribution in [0.25, 0.3) is 0 Å². The lowest BCUT2D eigenvalue weighted by molar-refractivity contribution is 0.375. The average Bonchev–Trinajstić information content (AvgIpc) is 2.51. The van der Waals surface area contributed by atoms with Crippen LogP contribution in [-0.2, 0) is 0 Å². The first-order valence-electron chi connectivity index (χ1n) is 8.86. The van der Waals surface area contributed by atoms with Crippen LogP contribution < -0.4 is 0 Å². The van der Waals surface area contributed by atoms with Gasteiger partial charge in [0.15, 0.2) is 0 Å². The van der Waals surface area contributed by atoms with Crippen molar-refractivity contribution in [3.05, 3.63) is 35.9 Å². The molecule has 20 heavy (non-hydrogen) atoms. The van der Waals surface area contributed by atoms with Gasteiger partial charge in [-0.3, -0.25) is 0 Å². The van der Waals surface area contributed by atoms with Gasteiger partial charge >= 0.3 is 0 Å². The number of hydrogen-bond acceptors (Lipinski definition) is 0. The normalized spacial score (nSPS) is 14.2. The summed E-state index contributed by atoms with van der Waals surface area (Å²) in [6, 6.07) is 11.1. The minimum Gasteiger partial charge on any atom is -0.0654 e. The van der Waals surface area contributed by atoms with Gasteiger partial charge in [0.2, 0.25) is 0 Å². The maximum Gasteiger partial charge on any atom is -0.0162 e. The van der Waals surface area contributed by atoms with Crippen LogP contribution in [0, 0.1) is 5.92 Å². The summed E-state index contributed by atoms with van der Waals surface area (Å²) in [4.78, 5) is 0. The van der Waals surface area contributed by atoms with Gasteiger partial charge in [-0.05, 0) is 30.2 Å². The third-order valence-electron chi connectivity index (χ3n) is 4.67. The zero-order chi connectivity index (χ0) is 14.6. The number of benzene rings is 1. The van der Waals surface area contributed by atoms with Crippen LogP contribution in [0.5, 0.6) is 0 Å². The van der Waals surface area contributed by atoms with Gasteiger partial charge in [-0.25, -0.2) is 0 Å². The summed E-state index contributed by atoms with van der Waals surface area (Å²) >= 11 is 0. The lowest BCUT2D eigenvalue weighted by Crippen LogP contribution is -2.07. The van der Waals surface area contributed by atoms with E-state index in [1.54, 1.807) is 5.56 Å². The minimum atomic E-state index is 0.761. The van der Waals surface area contributed by atoms with E-state index >= 15 is 0 Å². The van der Waals surface area contributed by atoms with Gasteiger partial charge in [-0.1, -0.05) is 96.0 Å². The summed E-state index contributed by atoms with van der Waals surface area (Å²) in [5.74, 6) is 1.68. The molecule has 0 radical (unpaired) electrons. The molecular formula is C20H34. The highest BCUT2D eigenvalue weighted by Gasteiger charge is 2.15. The molecule has 0 nitrogen and oxygen atoms in total. The van der Waals surface area contributed by atoms with Crippen molar-refractivity contribution in [2.24, 2.45) is 5.92 Å². The molecule has 0 fully saturated rings. The molecule has 0 heterocycles. The predicted octanol–water partition coefficient (Wildman–Crippen LogP) is 6.96. The van der Waals surface area contributed by atoms with Crippen molar-refractivity contribution in [1.29, 1.82) is 0 Å². The molecule has 0 heteroatoms. The second-order valence-electron chi connectivity index (χ2n) is 6.23. The van der Waals surface area contributed by atoms with Gasteiger partial charge < -0.3 is 0 Å². The fourth-order valence-electron chi connectivity index (χ4n) is 3.19. The van der Waals surface area contributed by atoms with Crippen LogP contribution in [0.1, 0.15) is 90.0 Å². The summed E-state index contributed by atoms with van der Waals surface area (Å²) in [6.07, 6.45) is 12.5. The smallest absolute Gasteiger partial charge is 0.0162 e. The van der Waals surface area contributed by atoms with Gasteiger partial charge in [-0.15, -0.1) is 0 Å². The Kier molecular flexibility index (Phi) is 9.45. The predicted molar refractivity (Wildman–Crippen MR) is 91.2 cm³/mol. The summed E-state index contributed by atoms with van der Waals surface area (Å²) in [5.41, 5.74) is 1.54. The first-order valence-corrected chi connectivity index (χ1v) is 8.86. The summed E-state index contributed by atoms with van der Waals surface area (Å²) < 4.78 is 0. The maximum atomic E-state index is 2.37. The van der Waals surface area contributed by atoms with E-state index in [-0.39, 0.29) is 0 Å². The molecule has 2 atom stereocenters. The second-order valence-corrected chi connectivity index (χ2v) is 6.23. The quantitative estimate of drug-likeness (QED) is 0.383. The van der Waals surface area contributed by atoms with Gasteiger partial charge in [0, 0.05) is 0 Å². The molecule has 0 bridgehead atoms. The first kappa shape index (κ1) is 17.3. The first-order chi connectivity index (χ1) is 9.81. The van der Waals surface area contributed by atoms with Crippen molar-refractivity contribution in [2.75, 3.05) is 0 Å². The summed E-state index contributed by atoms with van der Waals surface area (Å²) in [7, 11) is 0. The molecule has 0 aliphatic rings. The monoisotopic (exact) mass is 274 g/mol. The fourth-order valence-corrected chi connectivity index (χ4v) is 3.19. The van der Waals surface area contributed by atoms with Gasteiger partial charge in [0.25, 0.3) is 0 Å². The molecule has 1 aromatic rings. The van der Waals surface area contributed by atoms with Crippen molar-refractivity contribution >= 4 is 0 Å². The minimum absolute atomic E-state index is 0.761. The Morgan fingerprint density at radius 2 is 1.50 bits per heavy atom. The second kappa shape index (κ2) is 10.9. The van der Waals surface area contributed by atoms with Crippen LogP contribution >= 0.6 is 0 Å². The number of unbranched alkanes of at least 4 members (excludes halogenated alkanes) is 4. The molecule has 0 aliphatic carbocycles. The van der Waals surface area contributed by atoms with E-state index in [0.29, 0.717) is 0 Å². The zero-order valence-electron chi connectivity index (χ0n) is 13.9. The number of hydrogen-bond donors (Lipinski definition) is 0. The van der Waals surface area contributed by atoms with Crippen molar-refractivity contribution in [3.63, 3.8) is 0 Å². The summed E-state index contributed by atoms with van der Waals surface area (Å²) in [5, 5.41) is 0. The highest BCUT2D eigenvalue weighted by molar-refractivity contribution is 5.19. The zero-order valence-corrected chi connectivity index (χ0v) is 13.9. The molecule has 0 N–H and O–H groups in total. The Balaban J connectivity index is 2.37. The van der Waals surface area contributed by atoms with Crippen molar-refractivity contribution in [3.8, 4) is 0 Å². The van der Waals surface area contributed by atoms with Crippen molar-refractivity contribution < 1.29 is 0 Å². The molecule has 1 rings (SSSR count). The maximum absolute atomic E-state index is 2.37. The molecule has 0 aromatic heterocycles. The molecule has 0 saturated carbocycles. The average molecular weight is 274 g/mol. The van der Waals surface area contributed by atoms with E-state index < -0.39 is 0 Å². The molecule has 1 aromatic carbocycles. The lowest BCUT2D eigenvalue weighted by atomic mass is 9.83. The van der Waals surface area contributed by atoms with Gasteiger partial charge in [0.05, 0.1) is 0 Å². The van der Waals surface area contributed by atoms with Crippen LogP contribution in [-0.4, -0.2) is 0 Å². The standard InChI is InChI=1S/C20H34/c1-4-7-8-9-11-14-18(5-2)17-19(6-3)20-15-12-10-13-16-20/h10,12-13,15-16,18-19H,4-9,11,14,17H2,1-3H3. The Hall–Kier alpha value is -0.780. The van der Waals surface area contributed by atoms with E-state index in [0.717, 1.165) is 11.8 Å². The van der Waals surface area contributed by atoms with E-state index in [2.05, 4.69) is 51.1 Å². The van der Waals surface area contributed by atoms with Crippen LogP contribution in [0.15, 0.2) is 30.3 Å². The van der Waals surface area contributed by atoms with Crippen LogP contribution in [0.2, 0.25) is 0 Å². The topological polar surface area (TPSA) is 0 Å². The largest absolute Gasteiger partial charge is 0.0654 e. The molecule has 0 amide bonds. The van der Waals surface area contributed by atoms with Crippen LogP contribution in [0.3, 0.4) is 0 Å². The SMILES string of the molecule is CCCCCCCC(CC)CC(CC)c1ccccc1. The third kappa shape index (κ3) is 6.59. The Labute approximate surface area is 127 Å². The Morgan fingerprint density at radius 3 is 2.10 bits per heavy atom. The molecule has 0 spiro atoms. The lowest BCUT2D eigenvalue weighted by Gasteiger charge is -2.22. The van der Waals surface area contributed by atoms with Crippen molar-refractivity contribution in [1.82, 2.24) is 0 Å².